The summed E-state index contributed by atoms with van der Waals surface area (Å²) in [5, 5.41) is 14.3. The lowest BCUT2D eigenvalue weighted by atomic mass is 9.93. The van der Waals surface area contributed by atoms with Crippen LogP contribution in [0.5, 0.6) is 5.75 Å². The Bertz CT molecular complexity index is 1510. The van der Waals surface area contributed by atoms with Gasteiger partial charge in [-0.2, -0.15) is 0 Å². The second-order valence-electron chi connectivity index (χ2n) is 10.1. The van der Waals surface area contributed by atoms with Gasteiger partial charge >= 0.3 is 0 Å². The van der Waals surface area contributed by atoms with E-state index in [-0.39, 0.29) is 17.4 Å². The van der Waals surface area contributed by atoms with Crippen LogP contribution in [0.2, 0.25) is 0 Å². The molecule has 0 bridgehead atoms. The van der Waals surface area contributed by atoms with E-state index in [0.717, 1.165) is 38.8 Å². The number of amides is 2. The van der Waals surface area contributed by atoms with Gasteiger partial charge in [0.2, 0.25) is 5.13 Å². The molecule has 0 saturated carbocycles. The molecule has 2 amide bonds. The summed E-state index contributed by atoms with van der Waals surface area (Å²) in [5.41, 5.74) is 3.49. The number of nitrogens with zero attached hydrogens (tertiary/aromatic N) is 5. The molecule has 1 aliphatic heterocycles. The van der Waals surface area contributed by atoms with Gasteiger partial charge in [-0.3, -0.25) is 14.9 Å². The van der Waals surface area contributed by atoms with Crippen LogP contribution in [-0.2, 0) is 19.4 Å². The first-order chi connectivity index (χ1) is 18.1. The Morgan fingerprint density at radius 2 is 2.03 bits per heavy atom. The van der Waals surface area contributed by atoms with Crippen molar-refractivity contribution in [2.75, 3.05) is 19.5 Å². The van der Waals surface area contributed by atoms with E-state index in [1.54, 1.807) is 30.4 Å². The Balaban J connectivity index is 1.64. The maximum Gasteiger partial charge on any atom is 0.290 e. The summed E-state index contributed by atoms with van der Waals surface area (Å²) in [6.45, 7) is 8.58. The highest BCUT2D eigenvalue weighted by Crippen LogP contribution is 2.42. The van der Waals surface area contributed by atoms with Crippen molar-refractivity contribution in [3.8, 4) is 27.6 Å². The molecule has 1 aliphatic rings. The van der Waals surface area contributed by atoms with Gasteiger partial charge in [0, 0.05) is 24.7 Å². The topological polar surface area (TPSA) is 102 Å². The fourth-order valence-electron chi connectivity index (χ4n) is 4.39. The number of thiophene rings is 1. The summed E-state index contributed by atoms with van der Waals surface area (Å²) in [5.74, 6) is 0.408. The van der Waals surface area contributed by atoms with Crippen LogP contribution in [0.1, 0.15) is 59.2 Å². The number of carbonyl (C=O) groups excluding carboxylic acids is 2. The van der Waals surface area contributed by atoms with Crippen molar-refractivity contribution in [2.24, 2.45) is 0 Å². The van der Waals surface area contributed by atoms with Crippen LogP contribution in [0.25, 0.3) is 21.8 Å². The minimum Gasteiger partial charge on any atom is -0.496 e. The van der Waals surface area contributed by atoms with Gasteiger partial charge in [-0.05, 0) is 62.8 Å². The summed E-state index contributed by atoms with van der Waals surface area (Å²) in [4.78, 5) is 34.6. The number of nitrogens with one attached hydrogen (secondary N) is 1. The first-order valence-corrected chi connectivity index (χ1v) is 14.1. The van der Waals surface area contributed by atoms with Crippen LogP contribution in [0, 0.1) is 0 Å². The number of fused-ring (bicyclic) bond motifs is 3. The quantitative estimate of drug-likeness (QED) is 0.346. The fraction of sp³-hybridized carbons (Fsp3) is 0.370. The molecule has 0 spiro atoms. The van der Waals surface area contributed by atoms with Crippen molar-refractivity contribution in [1.29, 1.82) is 0 Å². The van der Waals surface area contributed by atoms with Crippen molar-refractivity contribution in [1.82, 2.24) is 24.6 Å². The number of benzene rings is 1. The number of methoxy groups -OCH3 is 1. The van der Waals surface area contributed by atoms with Crippen LogP contribution in [0.4, 0.5) is 5.13 Å². The molecule has 3 aromatic heterocycles. The number of aromatic nitrogens is 4. The van der Waals surface area contributed by atoms with Crippen LogP contribution in [-0.4, -0.2) is 56.2 Å². The van der Waals surface area contributed by atoms with Gasteiger partial charge in [0.1, 0.15) is 16.5 Å². The minimum absolute atomic E-state index is 0.139. The molecule has 0 saturated heterocycles. The molecule has 38 heavy (non-hydrogen) atoms. The molecule has 4 aromatic rings. The maximum absolute atomic E-state index is 13.6. The normalized spacial score (nSPS) is 12.6. The molecule has 0 radical (unpaired) electrons. The summed E-state index contributed by atoms with van der Waals surface area (Å²) in [6, 6.07) is 7.73. The molecular formula is C27H30N6O3S2. The van der Waals surface area contributed by atoms with E-state index in [9.17, 15) is 9.59 Å². The number of carbonyl (C=O) groups is 2. The fourth-order valence-corrected chi connectivity index (χ4v) is 5.78. The molecule has 4 heterocycles. The molecule has 0 fully saturated rings. The summed E-state index contributed by atoms with van der Waals surface area (Å²) in [7, 11) is 3.36. The average molecular weight is 551 g/mol. The van der Waals surface area contributed by atoms with Crippen molar-refractivity contribution in [2.45, 2.75) is 52.6 Å². The van der Waals surface area contributed by atoms with Crippen molar-refractivity contribution >= 4 is 39.6 Å². The maximum atomic E-state index is 13.6. The Morgan fingerprint density at radius 1 is 1.24 bits per heavy atom. The van der Waals surface area contributed by atoms with Crippen LogP contribution in [0.15, 0.2) is 29.6 Å². The molecule has 5 rings (SSSR count). The summed E-state index contributed by atoms with van der Waals surface area (Å²) < 4.78 is 7.62. The number of hydrogen-bond acceptors (Lipinski definition) is 8. The zero-order valence-corrected chi connectivity index (χ0v) is 23.9. The van der Waals surface area contributed by atoms with E-state index in [2.05, 4.69) is 15.5 Å². The van der Waals surface area contributed by atoms with Crippen molar-refractivity contribution in [3.05, 3.63) is 51.6 Å². The summed E-state index contributed by atoms with van der Waals surface area (Å²) in [6.07, 6.45) is 1.42. The smallest absolute Gasteiger partial charge is 0.290 e. The van der Waals surface area contributed by atoms with Crippen molar-refractivity contribution in [3.63, 3.8) is 0 Å². The number of aryl methyl sites for hydroxylation is 2. The number of anilines is 1. The van der Waals surface area contributed by atoms with E-state index in [0.29, 0.717) is 35.2 Å². The Hall–Kier alpha value is -3.57. The minimum atomic E-state index is -0.361. The van der Waals surface area contributed by atoms with E-state index in [1.807, 2.05) is 61.9 Å². The molecule has 0 aliphatic carbocycles. The molecule has 9 nitrogen and oxygen atoms in total. The highest BCUT2D eigenvalue weighted by molar-refractivity contribution is 7.15. The van der Waals surface area contributed by atoms with Crippen LogP contribution < -0.4 is 10.1 Å². The van der Waals surface area contributed by atoms with Crippen molar-refractivity contribution < 1.29 is 14.3 Å². The van der Waals surface area contributed by atoms with E-state index in [1.165, 1.54) is 11.3 Å². The van der Waals surface area contributed by atoms with Crippen LogP contribution >= 0.6 is 22.7 Å². The van der Waals surface area contributed by atoms with Gasteiger partial charge in [-0.1, -0.05) is 24.3 Å². The lowest BCUT2D eigenvalue weighted by molar-refractivity contribution is 0.0637. The molecule has 0 atom stereocenters. The van der Waals surface area contributed by atoms with E-state index >= 15 is 0 Å². The number of rotatable bonds is 6. The second kappa shape index (κ2) is 9.95. The predicted molar refractivity (Wildman–Crippen MR) is 150 cm³/mol. The van der Waals surface area contributed by atoms with E-state index < -0.39 is 0 Å². The third-order valence-corrected chi connectivity index (χ3v) is 8.60. The Morgan fingerprint density at radius 3 is 2.66 bits per heavy atom. The van der Waals surface area contributed by atoms with Gasteiger partial charge in [-0.25, -0.2) is 4.98 Å². The lowest BCUT2D eigenvalue weighted by Gasteiger charge is -2.32. The first kappa shape index (κ1) is 26.1. The van der Waals surface area contributed by atoms with Gasteiger partial charge in [0.25, 0.3) is 11.8 Å². The molecule has 198 valence electrons. The van der Waals surface area contributed by atoms with Gasteiger partial charge in [-0.15, -0.1) is 21.5 Å². The highest BCUT2D eigenvalue weighted by Gasteiger charge is 2.33. The Kier molecular flexibility index (Phi) is 6.83. The zero-order valence-electron chi connectivity index (χ0n) is 22.3. The third kappa shape index (κ3) is 4.60. The molecule has 1 aromatic carbocycles. The molecular weight excluding hydrogens is 520 g/mol. The summed E-state index contributed by atoms with van der Waals surface area (Å²) >= 11 is 2.92. The average Bonchev–Trinajstić information content (AvgIpc) is 3.66. The standard InChI is InChI=1S/C27H30N6O3S2/c1-7-20-30-31-26(38-20)29-24(34)17-14-16-15(13-18(17)36-6)10-11-33-22(16)21(19-9-8-12-37-19)28-23(33)25(35)32(5)27(2,3)4/h8-9,12-14H,7,10-11H2,1-6H3,(H,29,31,34). The molecule has 0 unspecified atom stereocenters. The number of ether oxygens (including phenoxy) is 1. The van der Waals surface area contributed by atoms with Gasteiger partial charge < -0.3 is 14.2 Å². The third-order valence-electron chi connectivity index (χ3n) is 6.74. The highest BCUT2D eigenvalue weighted by atomic mass is 32.1. The first-order valence-electron chi connectivity index (χ1n) is 12.4. The number of imidazole rings is 1. The van der Waals surface area contributed by atoms with Gasteiger partial charge in [0.05, 0.1) is 23.2 Å². The molecule has 11 heteroatoms. The second-order valence-corrected chi connectivity index (χ2v) is 12.1. The van der Waals surface area contributed by atoms with Gasteiger partial charge in [0.15, 0.2) is 5.82 Å². The Labute approximate surface area is 229 Å². The molecule has 1 N–H and O–H groups in total. The number of hydrogen-bond donors (Lipinski definition) is 1. The largest absolute Gasteiger partial charge is 0.496 e. The van der Waals surface area contributed by atoms with E-state index in [4.69, 9.17) is 9.72 Å². The lowest BCUT2D eigenvalue weighted by Crippen LogP contribution is -2.43. The zero-order chi connectivity index (χ0) is 27.2. The SMILES string of the molecule is CCc1nnc(NC(=O)c2cc3c(cc2OC)CCn2c(C(=O)N(C)C(C)(C)C)nc(-c4cccs4)c2-3)s1. The monoisotopic (exact) mass is 550 g/mol. The van der Waals surface area contributed by atoms with Crippen LogP contribution in [0.3, 0.4) is 0 Å². The predicted octanol–water partition coefficient (Wildman–Crippen LogP) is 5.38.